The summed E-state index contributed by atoms with van der Waals surface area (Å²) in [5.41, 5.74) is 0.299. The maximum absolute atomic E-state index is 13.1. The van der Waals surface area contributed by atoms with E-state index in [2.05, 4.69) is 25.3 Å². The zero-order valence-electron chi connectivity index (χ0n) is 21.0. The van der Waals surface area contributed by atoms with Gasteiger partial charge in [0.2, 0.25) is 0 Å². The molecule has 3 aromatic rings. The average molecular weight is 533 g/mol. The van der Waals surface area contributed by atoms with Crippen molar-refractivity contribution in [2.75, 3.05) is 6.54 Å². The van der Waals surface area contributed by atoms with Gasteiger partial charge in [0.05, 0.1) is 18.8 Å². The molecule has 0 bridgehead atoms. The van der Waals surface area contributed by atoms with Crippen LogP contribution >= 0.6 is 0 Å². The lowest BCUT2D eigenvalue weighted by molar-refractivity contribution is -0.274. The molecule has 1 saturated heterocycles. The monoisotopic (exact) mass is 532 g/mol. The normalized spacial score (nSPS) is 17.8. The fourth-order valence-corrected chi connectivity index (χ4v) is 4.15. The molecule has 0 spiro atoms. The van der Waals surface area contributed by atoms with Crippen molar-refractivity contribution < 1.29 is 32.2 Å². The Labute approximate surface area is 216 Å². The van der Waals surface area contributed by atoms with Crippen LogP contribution in [0, 0.1) is 0 Å². The van der Waals surface area contributed by atoms with Gasteiger partial charge in [0.1, 0.15) is 17.0 Å². The van der Waals surface area contributed by atoms with Crippen LogP contribution in [0.25, 0.3) is 11.1 Å². The number of halogens is 3. The number of ether oxygens (including phenoxy) is 2. The van der Waals surface area contributed by atoms with Crippen molar-refractivity contribution in [3.05, 3.63) is 60.7 Å². The molecule has 10 nitrogen and oxygen atoms in total. The highest BCUT2D eigenvalue weighted by molar-refractivity contribution is 5.93. The van der Waals surface area contributed by atoms with Crippen LogP contribution in [0.4, 0.5) is 18.0 Å². The Balaban J connectivity index is 1.47. The smallest absolute Gasteiger partial charge is 0.444 e. The molecule has 38 heavy (non-hydrogen) atoms. The summed E-state index contributed by atoms with van der Waals surface area (Å²) in [4.78, 5) is 31.6. The second-order valence-electron chi connectivity index (χ2n) is 9.82. The quantitative estimate of drug-likeness (QED) is 0.510. The predicted octanol–water partition coefficient (Wildman–Crippen LogP) is 4.05. The second kappa shape index (κ2) is 10.7. The lowest BCUT2D eigenvalue weighted by atomic mass is 10.1. The van der Waals surface area contributed by atoms with Crippen LogP contribution in [0.1, 0.15) is 37.7 Å². The van der Waals surface area contributed by atoms with Gasteiger partial charge in [-0.25, -0.2) is 4.79 Å². The number of carbonyl (C=O) groups excluding carboxylic acids is 2. The number of alkyl halides is 3. The summed E-state index contributed by atoms with van der Waals surface area (Å²) >= 11 is 0. The molecule has 0 unspecified atom stereocenters. The lowest BCUT2D eigenvalue weighted by Crippen LogP contribution is -2.43. The summed E-state index contributed by atoms with van der Waals surface area (Å²) in [7, 11) is 0. The first-order valence-corrected chi connectivity index (χ1v) is 11.8. The summed E-state index contributed by atoms with van der Waals surface area (Å²) in [6, 6.07) is 7.82. The summed E-state index contributed by atoms with van der Waals surface area (Å²) in [6.45, 7) is 5.91. The number of nitrogens with one attached hydrogen (secondary N) is 1. The zero-order valence-corrected chi connectivity index (χ0v) is 21.0. The Bertz CT molecular complexity index is 1280. The van der Waals surface area contributed by atoms with E-state index < -0.39 is 30.0 Å². The van der Waals surface area contributed by atoms with E-state index in [9.17, 15) is 22.8 Å². The maximum atomic E-state index is 13.1. The Morgan fingerprint density at radius 3 is 2.55 bits per heavy atom. The number of nitrogens with zero attached hydrogens (tertiary/aromatic N) is 5. The van der Waals surface area contributed by atoms with Gasteiger partial charge in [-0.2, -0.15) is 0 Å². The standard InChI is InChI=1S/C25H27F3N6O4/c1-24(2,3)38-23(36)34-14-18(13-19(34)15-33-10-9-30-32-33)31-22(35)21-12-17(7-8-29-21)16-5-4-6-20(11-16)37-25(26,27)28/h4-12,18-19H,13-15H2,1-3H3,(H,31,35)/t18-,19+/m1/s1. The van der Waals surface area contributed by atoms with Crippen molar-refractivity contribution >= 4 is 12.0 Å². The summed E-state index contributed by atoms with van der Waals surface area (Å²) in [6.07, 6.45) is -0.250. The van der Waals surface area contributed by atoms with Gasteiger partial charge in [-0.1, -0.05) is 17.3 Å². The summed E-state index contributed by atoms with van der Waals surface area (Å²) in [5, 5.41) is 10.7. The second-order valence-corrected chi connectivity index (χ2v) is 9.82. The van der Waals surface area contributed by atoms with Gasteiger partial charge < -0.3 is 19.7 Å². The van der Waals surface area contributed by atoms with E-state index in [0.29, 0.717) is 24.1 Å². The van der Waals surface area contributed by atoms with Crippen LogP contribution in [-0.4, -0.2) is 67.5 Å². The molecule has 0 radical (unpaired) electrons. The van der Waals surface area contributed by atoms with Crippen LogP contribution in [0.2, 0.25) is 0 Å². The molecular formula is C25H27F3N6O4. The fraction of sp³-hybridized carbons (Fsp3) is 0.400. The van der Waals surface area contributed by atoms with E-state index >= 15 is 0 Å². The molecule has 1 N–H and O–H groups in total. The van der Waals surface area contributed by atoms with Crippen LogP contribution in [0.5, 0.6) is 5.75 Å². The summed E-state index contributed by atoms with van der Waals surface area (Å²) in [5.74, 6) is -0.852. The van der Waals surface area contributed by atoms with E-state index in [1.807, 2.05) is 0 Å². The number of hydrogen-bond acceptors (Lipinski definition) is 7. The molecule has 3 heterocycles. The first-order chi connectivity index (χ1) is 17.9. The molecule has 0 aliphatic carbocycles. The molecule has 1 aromatic carbocycles. The molecule has 13 heteroatoms. The largest absolute Gasteiger partial charge is 0.573 e. The van der Waals surface area contributed by atoms with E-state index in [4.69, 9.17) is 4.74 Å². The topological polar surface area (TPSA) is 111 Å². The van der Waals surface area contributed by atoms with Crippen molar-refractivity contribution in [1.29, 1.82) is 0 Å². The average Bonchev–Trinajstić information content (AvgIpc) is 3.47. The van der Waals surface area contributed by atoms with Crippen molar-refractivity contribution in [2.24, 2.45) is 0 Å². The number of rotatable bonds is 6. The number of aromatic nitrogens is 4. The number of carbonyl (C=O) groups is 2. The Kier molecular flexibility index (Phi) is 7.56. The van der Waals surface area contributed by atoms with Crippen molar-refractivity contribution in [3.8, 4) is 16.9 Å². The van der Waals surface area contributed by atoms with Crippen LogP contribution in [0.3, 0.4) is 0 Å². The van der Waals surface area contributed by atoms with Gasteiger partial charge in [0.25, 0.3) is 5.91 Å². The van der Waals surface area contributed by atoms with E-state index in [-0.39, 0.29) is 24.0 Å². The number of hydrogen-bond donors (Lipinski definition) is 1. The van der Waals surface area contributed by atoms with Gasteiger partial charge in [-0.05, 0) is 62.6 Å². The number of amides is 2. The third kappa shape index (κ3) is 7.20. The minimum absolute atomic E-state index is 0.0770. The fourth-order valence-electron chi connectivity index (χ4n) is 4.15. The third-order valence-electron chi connectivity index (χ3n) is 5.64. The predicted molar refractivity (Wildman–Crippen MR) is 129 cm³/mol. The first-order valence-electron chi connectivity index (χ1n) is 11.8. The number of likely N-dealkylation sites (tertiary alicyclic amines) is 1. The third-order valence-corrected chi connectivity index (χ3v) is 5.64. The van der Waals surface area contributed by atoms with Gasteiger partial charge in [0, 0.05) is 25.0 Å². The SMILES string of the molecule is CC(C)(C)OC(=O)N1C[C@H](NC(=O)c2cc(-c3cccc(OC(F)(F)F)c3)ccn2)C[C@H]1Cn1ccnn1. The van der Waals surface area contributed by atoms with Crippen molar-refractivity contribution in [1.82, 2.24) is 30.2 Å². The molecule has 2 amide bonds. The highest BCUT2D eigenvalue weighted by Gasteiger charge is 2.38. The van der Waals surface area contributed by atoms with Gasteiger partial charge >= 0.3 is 12.5 Å². The molecule has 2 aromatic heterocycles. The maximum Gasteiger partial charge on any atom is 0.573 e. The van der Waals surface area contributed by atoms with Crippen molar-refractivity contribution in [3.63, 3.8) is 0 Å². The van der Waals surface area contributed by atoms with Crippen LogP contribution in [0.15, 0.2) is 55.0 Å². The van der Waals surface area contributed by atoms with Crippen LogP contribution < -0.4 is 10.1 Å². The summed E-state index contributed by atoms with van der Waals surface area (Å²) < 4.78 is 49.0. The molecule has 0 saturated carbocycles. The van der Waals surface area contributed by atoms with Gasteiger partial charge in [0.15, 0.2) is 0 Å². The molecule has 1 aliphatic rings. The molecule has 1 fully saturated rings. The minimum atomic E-state index is -4.82. The van der Waals surface area contributed by atoms with Gasteiger partial charge in [-0.3, -0.25) is 14.5 Å². The molecular weight excluding hydrogens is 505 g/mol. The van der Waals surface area contributed by atoms with E-state index in [0.717, 1.165) is 0 Å². The highest BCUT2D eigenvalue weighted by atomic mass is 19.4. The van der Waals surface area contributed by atoms with Crippen molar-refractivity contribution in [2.45, 2.75) is 57.8 Å². The Morgan fingerprint density at radius 1 is 1.11 bits per heavy atom. The lowest BCUT2D eigenvalue weighted by Gasteiger charge is -2.28. The van der Waals surface area contributed by atoms with E-state index in [1.165, 1.54) is 36.7 Å². The Morgan fingerprint density at radius 2 is 1.87 bits per heavy atom. The molecule has 2 atom stereocenters. The zero-order chi connectivity index (χ0) is 27.5. The molecule has 202 valence electrons. The Hall–Kier alpha value is -4.16. The van der Waals surface area contributed by atoms with E-state index in [1.54, 1.807) is 48.7 Å². The molecule has 4 rings (SSSR count). The minimum Gasteiger partial charge on any atom is -0.444 e. The van der Waals surface area contributed by atoms with Gasteiger partial charge in [-0.15, -0.1) is 18.3 Å². The highest BCUT2D eigenvalue weighted by Crippen LogP contribution is 2.28. The van der Waals surface area contributed by atoms with Crippen LogP contribution in [-0.2, 0) is 11.3 Å². The number of pyridine rings is 1. The first kappa shape index (κ1) is 26.9. The molecule has 1 aliphatic heterocycles. The number of benzene rings is 1.